The SMILES string of the molecule is [2H]c1c([2H])c([2H])c2c(c1[2H])c([2H])c([2H])c1c([2H])c(-c3nc(-c4ccccc4)nc(-c4cccc(-c5ccc(-c6ccccc6)c6ccccc56)c4)n3)c([2H])c([2H])c12. The summed E-state index contributed by atoms with van der Waals surface area (Å²) in [6, 6.07) is 35.1. The molecule has 0 aliphatic carbocycles. The second-order valence-corrected chi connectivity index (χ2v) is 11.3. The molecular weight excluding hydrogens is 583 g/mol. The Kier molecular flexibility index (Phi) is 4.87. The Balaban J connectivity index is 1.28. The van der Waals surface area contributed by atoms with Crippen molar-refractivity contribution < 1.29 is 12.3 Å². The van der Waals surface area contributed by atoms with Crippen molar-refractivity contribution in [3.63, 3.8) is 0 Å². The summed E-state index contributed by atoms with van der Waals surface area (Å²) in [5.74, 6) is 0.411. The molecule has 0 saturated heterocycles. The Bertz CT molecular complexity index is 3120. The molecule has 48 heavy (non-hydrogen) atoms. The normalized spacial score (nSPS) is 14.0. The van der Waals surface area contributed by atoms with Crippen LogP contribution in [0.1, 0.15) is 12.3 Å². The van der Waals surface area contributed by atoms with Crippen molar-refractivity contribution >= 4 is 32.3 Å². The molecule has 1 heterocycles. The molecule has 0 unspecified atom stereocenters. The molecule has 0 atom stereocenters. The van der Waals surface area contributed by atoms with Crippen LogP contribution in [0.3, 0.4) is 0 Å². The summed E-state index contributed by atoms with van der Waals surface area (Å²) >= 11 is 0. The Morgan fingerprint density at radius 3 is 1.65 bits per heavy atom. The van der Waals surface area contributed by atoms with Gasteiger partial charge in [-0.1, -0.05) is 164 Å². The van der Waals surface area contributed by atoms with Crippen LogP contribution in [0.15, 0.2) is 176 Å². The maximum atomic E-state index is 9.40. The quantitative estimate of drug-likeness (QED) is 0.180. The van der Waals surface area contributed by atoms with E-state index in [1.54, 1.807) is 0 Å². The van der Waals surface area contributed by atoms with Crippen LogP contribution in [0.5, 0.6) is 0 Å². The Morgan fingerprint density at radius 1 is 0.354 bits per heavy atom. The van der Waals surface area contributed by atoms with E-state index in [0.29, 0.717) is 11.1 Å². The van der Waals surface area contributed by atoms with E-state index in [4.69, 9.17) is 23.2 Å². The lowest BCUT2D eigenvalue weighted by atomic mass is 9.91. The molecule has 1 aromatic heterocycles. The molecule has 0 spiro atoms. The molecule has 3 heteroatoms. The van der Waals surface area contributed by atoms with Crippen LogP contribution < -0.4 is 0 Å². The molecule has 0 aliphatic heterocycles. The van der Waals surface area contributed by atoms with Gasteiger partial charge in [0.05, 0.1) is 12.3 Å². The van der Waals surface area contributed by atoms with Crippen molar-refractivity contribution in [1.82, 2.24) is 15.0 Å². The van der Waals surface area contributed by atoms with E-state index < -0.39 is 54.4 Å². The van der Waals surface area contributed by atoms with Gasteiger partial charge < -0.3 is 0 Å². The van der Waals surface area contributed by atoms with Crippen LogP contribution in [0.4, 0.5) is 0 Å². The molecule has 0 saturated carbocycles. The van der Waals surface area contributed by atoms with E-state index in [-0.39, 0.29) is 44.6 Å². The fourth-order valence-corrected chi connectivity index (χ4v) is 6.10. The largest absolute Gasteiger partial charge is 0.208 e. The third-order valence-corrected chi connectivity index (χ3v) is 8.39. The van der Waals surface area contributed by atoms with Crippen molar-refractivity contribution in [3.8, 4) is 56.4 Å². The number of benzene rings is 8. The number of nitrogens with zero attached hydrogens (tertiary/aromatic N) is 3. The van der Waals surface area contributed by atoms with Crippen LogP contribution in [-0.2, 0) is 0 Å². The highest BCUT2D eigenvalue weighted by Gasteiger charge is 2.15. The molecule has 9 aromatic rings. The number of hydrogen-bond donors (Lipinski definition) is 0. The molecule has 0 fully saturated rings. The summed E-state index contributed by atoms with van der Waals surface area (Å²) in [7, 11) is 0. The predicted molar refractivity (Wildman–Crippen MR) is 200 cm³/mol. The van der Waals surface area contributed by atoms with Gasteiger partial charge >= 0.3 is 0 Å². The Labute approximate surface area is 291 Å². The first-order valence-electron chi connectivity index (χ1n) is 20.0. The fraction of sp³-hybridized carbons (Fsp3) is 0. The van der Waals surface area contributed by atoms with Crippen molar-refractivity contribution in [2.45, 2.75) is 0 Å². The van der Waals surface area contributed by atoms with Gasteiger partial charge in [0, 0.05) is 16.7 Å². The van der Waals surface area contributed by atoms with E-state index in [2.05, 4.69) is 36.4 Å². The van der Waals surface area contributed by atoms with E-state index in [1.807, 2.05) is 84.9 Å². The molecule has 0 amide bonds. The fourth-order valence-electron chi connectivity index (χ4n) is 6.10. The molecule has 9 rings (SSSR count). The average molecular weight is 621 g/mol. The van der Waals surface area contributed by atoms with Crippen LogP contribution in [0.2, 0.25) is 0 Å². The number of fused-ring (bicyclic) bond motifs is 4. The maximum absolute atomic E-state index is 9.40. The van der Waals surface area contributed by atoms with Crippen LogP contribution in [-0.4, -0.2) is 15.0 Å². The average Bonchev–Trinajstić information content (AvgIpc) is 3.25. The summed E-state index contributed by atoms with van der Waals surface area (Å²) in [5.41, 5.74) is 5.24. The minimum absolute atomic E-state index is 0.0895. The van der Waals surface area contributed by atoms with Crippen LogP contribution in [0, 0.1) is 0 Å². The first-order valence-corrected chi connectivity index (χ1v) is 15.5. The van der Waals surface area contributed by atoms with Crippen LogP contribution >= 0.6 is 0 Å². The smallest absolute Gasteiger partial charge is 0.164 e. The van der Waals surface area contributed by atoms with Crippen molar-refractivity contribution in [1.29, 1.82) is 0 Å². The summed E-state index contributed by atoms with van der Waals surface area (Å²) < 4.78 is 79.2. The summed E-state index contributed by atoms with van der Waals surface area (Å²) in [5, 5.41) is 1.36. The highest BCUT2D eigenvalue weighted by atomic mass is 15.0. The predicted octanol–water partition coefficient (Wildman–Crippen LogP) is 11.7. The van der Waals surface area contributed by atoms with Gasteiger partial charge in [-0.25, -0.2) is 15.0 Å². The van der Waals surface area contributed by atoms with Gasteiger partial charge in [-0.3, -0.25) is 0 Å². The zero-order valence-electron chi connectivity index (χ0n) is 34.4. The first-order chi connectivity index (χ1) is 27.5. The van der Waals surface area contributed by atoms with Gasteiger partial charge in [-0.05, 0) is 66.7 Å². The van der Waals surface area contributed by atoms with Gasteiger partial charge in [0.15, 0.2) is 17.5 Å². The number of rotatable bonds is 5. The molecule has 0 radical (unpaired) electrons. The molecule has 0 aliphatic rings. The zero-order chi connectivity index (χ0) is 39.7. The molecular formula is C45H29N3. The van der Waals surface area contributed by atoms with Gasteiger partial charge in [0.2, 0.25) is 0 Å². The van der Waals surface area contributed by atoms with E-state index >= 15 is 0 Å². The van der Waals surface area contributed by atoms with Gasteiger partial charge in [0.25, 0.3) is 0 Å². The van der Waals surface area contributed by atoms with E-state index in [1.165, 1.54) is 0 Å². The minimum Gasteiger partial charge on any atom is -0.208 e. The van der Waals surface area contributed by atoms with Gasteiger partial charge in [0.1, 0.15) is 0 Å². The van der Waals surface area contributed by atoms with Gasteiger partial charge in [-0.2, -0.15) is 0 Å². The molecule has 8 aromatic carbocycles. The zero-order valence-corrected chi connectivity index (χ0v) is 25.4. The highest BCUT2D eigenvalue weighted by Crippen LogP contribution is 2.37. The minimum atomic E-state index is -0.579. The van der Waals surface area contributed by atoms with Crippen LogP contribution in [0.25, 0.3) is 88.7 Å². The Morgan fingerprint density at radius 2 is 0.896 bits per heavy atom. The molecule has 0 bridgehead atoms. The van der Waals surface area contributed by atoms with Crippen molar-refractivity contribution in [2.24, 2.45) is 0 Å². The molecule has 0 N–H and O–H groups in total. The monoisotopic (exact) mass is 620 g/mol. The maximum Gasteiger partial charge on any atom is 0.164 e. The first kappa shape index (κ1) is 19.9. The molecule has 224 valence electrons. The lowest BCUT2D eigenvalue weighted by Crippen LogP contribution is -2.00. The molecule has 3 nitrogen and oxygen atoms in total. The second kappa shape index (κ2) is 11.7. The standard InChI is InChI=1S/C45H29N3/c1-3-12-30(13-4-1)38-26-27-40(42-21-10-9-20-41(38)42)33-17-11-18-35(28-33)44-46-43(32-15-5-2-6-16-32)47-45(48-44)36-24-25-39-34(29-36)23-22-31-14-7-8-19-37(31)39/h1-29H/i7D,8D,14D,19D,22D,23D,24D,25D,29D. The lowest BCUT2D eigenvalue weighted by Gasteiger charge is -2.13. The third kappa shape index (κ3) is 4.99. The Hall–Kier alpha value is -6.45. The number of hydrogen-bond acceptors (Lipinski definition) is 3. The topological polar surface area (TPSA) is 38.7 Å². The lowest BCUT2D eigenvalue weighted by molar-refractivity contribution is 1.07. The summed E-state index contributed by atoms with van der Waals surface area (Å²) in [6.07, 6.45) is 0. The second-order valence-electron chi connectivity index (χ2n) is 11.3. The summed E-state index contributed by atoms with van der Waals surface area (Å²) in [4.78, 5) is 14.4. The summed E-state index contributed by atoms with van der Waals surface area (Å²) in [6.45, 7) is 0. The van der Waals surface area contributed by atoms with Crippen molar-refractivity contribution in [3.05, 3.63) is 176 Å². The van der Waals surface area contributed by atoms with E-state index in [0.717, 1.165) is 33.0 Å². The highest BCUT2D eigenvalue weighted by molar-refractivity contribution is 6.08. The van der Waals surface area contributed by atoms with E-state index in [9.17, 15) is 4.11 Å². The van der Waals surface area contributed by atoms with Gasteiger partial charge in [-0.15, -0.1) is 0 Å². The third-order valence-electron chi connectivity index (χ3n) is 8.39. The number of aromatic nitrogens is 3. The van der Waals surface area contributed by atoms with Crippen molar-refractivity contribution in [2.75, 3.05) is 0 Å².